The number of thioether (sulfide) groups is 1. The minimum Gasteiger partial charge on any atom is -0.508 e. The Labute approximate surface area is 176 Å². The van der Waals surface area contributed by atoms with Crippen LogP contribution in [-0.2, 0) is 9.59 Å². The maximum atomic E-state index is 12.7. The molecule has 1 saturated heterocycles. The van der Waals surface area contributed by atoms with Gasteiger partial charge in [0, 0.05) is 6.07 Å². The molecule has 0 aromatic heterocycles. The van der Waals surface area contributed by atoms with Crippen LogP contribution in [0.3, 0.4) is 0 Å². The van der Waals surface area contributed by atoms with E-state index in [-0.39, 0.29) is 22.1 Å². The van der Waals surface area contributed by atoms with Crippen molar-refractivity contribution in [2.24, 2.45) is 0 Å². The molecule has 3 rings (SSSR count). The Bertz CT molecular complexity index is 1030. The van der Waals surface area contributed by atoms with Crippen LogP contribution in [0.4, 0.5) is 10.5 Å². The number of ether oxygens (including phenoxy) is 2. The van der Waals surface area contributed by atoms with Crippen LogP contribution in [0.15, 0.2) is 47.4 Å². The van der Waals surface area contributed by atoms with E-state index in [9.17, 15) is 19.5 Å². The number of imide groups is 1. The Morgan fingerprint density at radius 3 is 2.63 bits per heavy atom. The number of hydrogen-bond donors (Lipinski definition) is 2. The molecule has 1 aliphatic heterocycles. The zero-order valence-electron chi connectivity index (χ0n) is 16.2. The highest BCUT2D eigenvalue weighted by molar-refractivity contribution is 8.19. The molecule has 0 radical (unpaired) electrons. The molecule has 9 heteroatoms. The van der Waals surface area contributed by atoms with Gasteiger partial charge in [0.15, 0.2) is 17.6 Å². The molecule has 1 heterocycles. The standard InChI is InChI=1S/C21H19NO7S/c1-3-28-17-9-13(7-8-16(17)29-12(2)20(25)26)10-18-19(24)22(21(27)30-18)14-5-4-6-15(23)11-14/h4-12,23H,3H2,1-2H3,(H,25,26)/b18-10+. The first kappa shape index (κ1) is 21.3. The number of rotatable bonds is 7. The highest BCUT2D eigenvalue weighted by Gasteiger charge is 2.36. The van der Waals surface area contributed by atoms with Crippen LogP contribution in [0.2, 0.25) is 0 Å². The van der Waals surface area contributed by atoms with Crippen LogP contribution in [0, 0.1) is 0 Å². The van der Waals surface area contributed by atoms with Crippen molar-refractivity contribution in [3.63, 3.8) is 0 Å². The fourth-order valence-electron chi connectivity index (χ4n) is 2.69. The summed E-state index contributed by atoms with van der Waals surface area (Å²) in [4.78, 5) is 37.3. The first-order chi connectivity index (χ1) is 14.3. The predicted octanol–water partition coefficient (Wildman–Crippen LogP) is 3.88. The second-order valence-corrected chi connectivity index (χ2v) is 7.27. The molecule has 30 heavy (non-hydrogen) atoms. The van der Waals surface area contributed by atoms with Gasteiger partial charge in [-0.3, -0.25) is 9.59 Å². The summed E-state index contributed by atoms with van der Waals surface area (Å²) in [5.74, 6) is -1.08. The van der Waals surface area contributed by atoms with E-state index < -0.39 is 23.2 Å². The molecule has 156 valence electrons. The van der Waals surface area contributed by atoms with Gasteiger partial charge in [-0.1, -0.05) is 12.1 Å². The summed E-state index contributed by atoms with van der Waals surface area (Å²) in [5, 5.41) is 18.2. The van der Waals surface area contributed by atoms with Crippen molar-refractivity contribution < 1.29 is 34.1 Å². The summed E-state index contributed by atoms with van der Waals surface area (Å²) in [5.41, 5.74) is 0.859. The number of amides is 2. The summed E-state index contributed by atoms with van der Waals surface area (Å²) in [6.45, 7) is 3.51. The molecule has 1 fully saturated rings. The number of carbonyl (C=O) groups is 3. The van der Waals surface area contributed by atoms with Crippen LogP contribution in [0.1, 0.15) is 19.4 Å². The quantitative estimate of drug-likeness (QED) is 0.638. The number of benzene rings is 2. The monoisotopic (exact) mass is 429 g/mol. The smallest absolute Gasteiger partial charge is 0.344 e. The minimum atomic E-state index is -1.11. The van der Waals surface area contributed by atoms with Gasteiger partial charge in [-0.25, -0.2) is 9.69 Å². The molecule has 0 saturated carbocycles. The van der Waals surface area contributed by atoms with E-state index in [1.54, 1.807) is 43.3 Å². The number of aromatic hydroxyl groups is 1. The van der Waals surface area contributed by atoms with E-state index in [0.29, 0.717) is 17.9 Å². The maximum absolute atomic E-state index is 12.7. The molecule has 2 aromatic rings. The van der Waals surface area contributed by atoms with Crippen LogP contribution >= 0.6 is 11.8 Å². The SMILES string of the molecule is CCOc1cc(/C=C2/SC(=O)N(c3cccc(O)c3)C2=O)ccc1OC(C)C(=O)O. The molecular formula is C21H19NO7S. The van der Waals surface area contributed by atoms with Crippen LogP contribution in [0.5, 0.6) is 17.2 Å². The maximum Gasteiger partial charge on any atom is 0.344 e. The lowest BCUT2D eigenvalue weighted by Crippen LogP contribution is -2.27. The van der Waals surface area contributed by atoms with Gasteiger partial charge in [0.05, 0.1) is 17.2 Å². The van der Waals surface area contributed by atoms with Crippen LogP contribution in [-0.4, -0.2) is 40.0 Å². The Kier molecular flexibility index (Phi) is 6.31. The first-order valence-corrected chi connectivity index (χ1v) is 9.85. The molecule has 1 aliphatic rings. The number of aliphatic carboxylic acids is 1. The number of hydrogen-bond acceptors (Lipinski definition) is 7. The van der Waals surface area contributed by atoms with Crippen molar-refractivity contribution in [2.45, 2.75) is 20.0 Å². The molecule has 0 spiro atoms. The molecule has 2 N–H and O–H groups in total. The summed E-state index contributed by atoms with van der Waals surface area (Å²) in [7, 11) is 0. The van der Waals surface area contributed by atoms with Crippen molar-refractivity contribution in [3.8, 4) is 17.2 Å². The van der Waals surface area contributed by atoms with Gasteiger partial charge < -0.3 is 19.7 Å². The largest absolute Gasteiger partial charge is 0.508 e. The predicted molar refractivity (Wildman–Crippen MR) is 112 cm³/mol. The molecule has 0 aliphatic carbocycles. The lowest BCUT2D eigenvalue weighted by atomic mass is 10.1. The van der Waals surface area contributed by atoms with Gasteiger partial charge in [0.1, 0.15) is 5.75 Å². The lowest BCUT2D eigenvalue weighted by Gasteiger charge is -2.15. The van der Waals surface area contributed by atoms with E-state index in [2.05, 4.69) is 0 Å². The number of nitrogens with zero attached hydrogens (tertiary/aromatic N) is 1. The lowest BCUT2D eigenvalue weighted by molar-refractivity contribution is -0.144. The van der Waals surface area contributed by atoms with Crippen LogP contribution < -0.4 is 14.4 Å². The molecule has 0 bridgehead atoms. The number of carboxylic acid groups (broad SMARTS) is 1. The van der Waals surface area contributed by atoms with Gasteiger partial charge in [0.25, 0.3) is 11.1 Å². The van der Waals surface area contributed by atoms with Gasteiger partial charge in [0.2, 0.25) is 0 Å². The normalized spacial score (nSPS) is 16.1. The van der Waals surface area contributed by atoms with Crippen LogP contribution in [0.25, 0.3) is 6.08 Å². The van der Waals surface area contributed by atoms with E-state index in [1.165, 1.54) is 19.1 Å². The number of anilines is 1. The average Bonchev–Trinajstić information content (AvgIpc) is 2.97. The third-order valence-corrected chi connectivity index (χ3v) is 4.97. The molecule has 8 nitrogen and oxygen atoms in total. The Morgan fingerprint density at radius 1 is 1.20 bits per heavy atom. The summed E-state index contributed by atoms with van der Waals surface area (Å²) >= 11 is 0.782. The summed E-state index contributed by atoms with van der Waals surface area (Å²) < 4.78 is 10.9. The first-order valence-electron chi connectivity index (χ1n) is 9.03. The fourth-order valence-corrected chi connectivity index (χ4v) is 3.54. The summed E-state index contributed by atoms with van der Waals surface area (Å²) in [6, 6.07) is 10.7. The van der Waals surface area contributed by atoms with Gasteiger partial charge in [-0.05, 0) is 61.5 Å². The molecule has 2 amide bonds. The second kappa shape index (κ2) is 8.91. The zero-order valence-corrected chi connectivity index (χ0v) is 17.0. The second-order valence-electron chi connectivity index (χ2n) is 6.27. The molecule has 2 aromatic carbocycles. The number of carbonyl (C=O) groups excluding carboxylic acids is 2. The third kappa shape index (κ3) is 4.57. The molecular weight excluding hydrogens is 410 g/mol. The molecule has 1 unspecified atom stereocenters. The van der Waals surface area contributed by atoms with Crippen molar-refractivity contribution in [2.75, 3.05) is 11.5 Å². The topological polar surface area (TPSA) is 113 Å². The van der Waals surface area contributed by atoms with Gasteiger partial charge >= 0.3 is 5.97 Å². The Morgan fingerprint density at radius 2 is 1.97 bits per heavy atom. The van der Waals surface area contributed by atoms with E-state index in [4.69, 9.17) is 14.6 Å². The average molecular weight is 429 g/mol. The zero-order chi connectivity index (χ0) is 21.8. The summed E-state index contributed by atoms with van der Waals surface area (Å²) in [6.07, 6.45) is 0.481. The van der Waals surface area contributed by atoms with E-state index in [1.807, 2.05) is 0 Å². The highest BCUT2D eigenvalue weighted by Crippen LogP contribution is 2.37. The van der Waals surface area contributed by atoms with Crippen molar-refractivity contribution in [1.29, 1.82) is 0 Å². The minimum absolute atomic E-state index is 0.0527. The third-order valence-electron chi connectivity index (χ3n) is 4.10. The fraction of sp³-hybridized carbons (Fsp3) is 0.190. The number of phenols is 1. The Balaban J connectivity index is 1.89. The van der Waals surface area contributed by atoms with Gasteiger partial charge in [-0.15, -0.1) is 0 Å². The number of phenolic OH excluding ortho intramolecular Hbond substituents is 1. The van der Waals surface area contributed by atoms with Crippen molar-refractivity contribution in [1.82, 2.24) is 0 Å². The van der Waals surface area contributed by atoms with E-state index in [0.717, 1.165) is 16.7 Å². The van der Waals surface area contributed by atoms with E-state index >= 15 is 0 Å². The van der Waals surface area contributed by atoms with Crippen molar-refractivity contribution >= 4 is 40.6 Å². The number of carboxylic acids is 1. The van der Waals surface area contributed by atoms with Crippen molar-refractivity contribution in [3.05, 3.63) is 52.9 Å². The molecule has 1 atom stereocenters. The van der Waals surface area contributed by atoms with Gasteiger partial charge in [-0.2, -0.15) is 0 Å². The highest BCUT2D eigenvalue weighted by atomic mass is 32.2. The Hall–Kier alpha value is -3.46.